The van der Waals surface area contributed by atoms with Gasteiger partial charge >= 0.3 is 0 Å². The van der Waals surface area contributed by atoms with Crippen LogP contribution >= 0.6 is 0 Å². The summed E-state index contributed by atoms with van der Waals surface area (Å²) in [4.78, 5) is 24.2. The maximum absolute atomic E-state index is 13.2. The minimum absolute atomic E-state index is 0.00394. The van der Waals surface area contributed by atoms with Gasteiger partial charge in [0.15, 0.2) is 0 Å². The Balaban J connectivity index is 1.39. The van der Waals surface area contributed by atoms with Crippen LogP contribution in [0.25, 0.3) is 16.7 Å². The Morgan fingerprint density at radius 2 is 1.90 bits per heavy atom. The average Bonchev–Trinajstić information content (AvgIpc) is 3.48. The lowest BCUT2D eigenvalue weighted by atomic mass is 10.2. The molecule has 1 fully saturated rings. The van der Waals surface area contributed by atoms with Crippen molar-refractivity contribution in [3.63, 3.8) is 0 Å². The maximum atomic E-state index is 13.2. The number of likely N-dealkylation sites (tertiary alicyclic amines) is 1. The smallest absolute Gasteiger partial charge is 0.274 e. The molecule has 6 heteroatoms. The van der Waals surface area contributed by atoms with Crippen molar-refractivity contribution in [1.82, 2.24) is 24.0 Å². The van der Waals surface area contributed by atoms with E-state index in [0.29, 0.717) is 5.69 Å². The van der Waals surface area contributed by atoms with E-state index in [1.165, 1.54) is 0 Å². The third-order valence-electron chi connectivity index (χ3n) is 5.73. The maximum Gasteiger partial charge on any atom is 0.274 e. The predicted molar refractivity (Wildman–Crippen MR) is 112 cm³/mol. The van der Waals surface area contributed by atoms with Crippen molar-refractivity contribution < 1.29 is 4.79 Å². The molecule has 1 atom stereocenters. The van der Waals surface area contributed by atoms with Crippen LogP contribution in [0.5, 0.6) is 0 Å². The molecule has 4 aromatic rings. The summed E-state index contributed by atoms with van der Waals surface area (Å²) in [5.41, 5.74) is 3.62. The minimum Gasteiger partial charge on any atom is -0.332 e. The molecule has 1 saturated heterocycles. The number of rotatable bonds is 4. The van der Waals surface area contributed by atoms with Gasteiger partial charge < -0.3 is 14.0 Å². The summed E-state index contributed by atoms with van der Waals surface area (Å²) in [6.45, 7) is 3.56. The van der Waals surface area contributed by atoms with Crippen LogP contribution in [-0.4, -0.2) is 42.5 Å². The molecule has 2 aromatic carbocycles. The summed E-state index contributed by atoms with van der Waals surface area (Å²) in [6.07, 6.45) is 5.55. The third kappa shape index (κ3) is 3.20. The van der Waals surface area contributed by atoms with E-state index in [0.717, 1.165) is 48.5 Å². The highest BCUT2D eigenvalue weighted by molar-refractivity contribution is 5.92. The van der Waals surface area contributed by atoms with E-state index in [1.807, 2.05) is 71.1 Å². The molecule has 0 N–H and O–H groups in total. The largest absolute Gasteiger partial charge is 0.332 e. The molecule has 1 aliphatic heterocycles. The number of para-hydroxylation sites is 3. The molecule has 3 heterocycles. The topological polar surface area (TPSA) is 56.0 Å². The monoisotopic (exact) mass is 385 g/mol. The van der Waals surface area contributed by atoms with Gasteiger partial charge in [-0.25, -0.2) is 9.97 Å². The van der Waals surface area contributed by atoms with E-state index in [-0.39, 0.29) is 11.9 Å². The van der Waals surface area contributed by atoms with Gasteiger partial charge in [0.25, 0.3) is 5.91 Å². The standard InChI is InChI=1S/C23H23N5O/c1-17-25-20-11-5-6-12-22(20)28(17)14-19-10-7-13-27(19)23(29)21-15-26(16-24-21)18-8-3-2-4-9-18/h2-6,8-9,11-12,15-16,19H,7,10,13-14H2,1H3. The molecule has 6 nitrogen and oxygen atoms in total. The number of hydrogen-bond acceptors (Lipinski definition) is 3. The number of aryl methyl sites for hydroxylation is 1. The second-order valence-electron chi connectivity index (χ2n) is 7.55. The van der Waals surface area contributed by atoms with Crippen molar-refractivity contribution in [2.45, 2.75) is 32.4 Å². The zero-order valence-corrected chi connectivity index (χ0v) is 16.4. The molecule has 0 saturated carbocycles. The number of carbonyl (C=O) groups is 1. The van der Waals surface area contributed by atoms with Crippen LogP contribution in [0, 0.1) is 6.92 Å². The average molecular weight is 385 g/mol. The van der Waals surface area contributed by atoms with Crippen molar-refractivity contribution in [3.05, 3.63) is 78.6 Å². The molecule has 0 bridgehead atoms. The number of benzene rings is 2. The molecule has 0 aliphatic carbocycles. The Kier molecular flexibility index (Phi) is 4.39. The first-order chi connectivity index (χ1) is 14.2. The molecule has 1 amide bonds. The minimum atomic E-state index is 0.00394. The highest BCUT2D eigenvalue weighted by Crippen LogP contribution is 2.24. The Morgan fingerprint density at radius 3 is 2.76 bits per heavy atom. The van der Waals surface area contributed by atoms with Gasteiger partial charge in [-0.2, -0.15) is 0 Å². The zero-order chi connectivity index (χ0) is 19.8. The van der Waals surface area contributed by atoms with E-state index < -0.39 is 0 Å². The molecular weight excluding hydrogens is 362 g/mol. The number of aromatic nitrogens is 4. The Bertz CT molecular complexity index is 1160. The normalized spacial score (nSPS) is 16.6. The highest BCUT2D eigenvalue weighted by atomic mass is 16.2. The molecule has 1 aliphatic rings. The fourth-order valence-electron chi connectivity index (χ4n) is 4.25. The van der Waals surface area contributed by atoms with Gasteiger partial charge in [-0.3, -0.25) is 4.79 Å². The fourth-order valence-corrected chi connectivity index (χ4v) is 4.25. The van der Waals surface area contributed by atoms with Crippen LogP contribution in [0.2, 0.25) is 0 Å². The first-order valence-electron chi connectivity index (χ1n) is 10.0. The molecule has 2 aromatic heterocycles. The van der Waals surface area contributed by atoms with E-state index in [1.54, 1.807) is 6.33 Å². The van der Waals surface area contributed by atoms with Crippen LogP contribution in [0.3, 0.4) is 0 Å². The Labute approximate surface area is 169 Å². The third-order valence-corrected chi connectivity index (χ3v) is 5.73. The molecule has 0 spiro atoms. The summed E-state index contributed by atoms with van der Waals surface area (Å²) in [5, 5.41) is 0. The second kappa shape index (κ2) is 7.20. The summed E-state index contributed by atoms with van der Waals surface area (Å²) in [6, 6.07) is 18.3. The van der Waals surface area contributed by atoms with Crippen molar-refractivity contribution in [1.29, 1.82) is 0 Å². The number of hydrogen-bond donors (Lipinski definition) is 0. The van der Waals surface area contributed by atoms with Crippen LogP contribution in [0.15, 0.2) is 67.1 Å². The summed E-state index contributed by atoms with van der Waals surface area (Å²) >= 11 is 0. The van der Waals surface area contributed by atoms with Crippen LogP contribution in [0.4, 0.5) is 0 Å². The Morgan fingerprint density at radius 1 is 1.10 bits per heavy atom. The second-order valence-corrected chi connectivity index (χ2v) is 7.55. The molecule has 1 unspecified atom stereocenters. The first-order valence-corrected chi connectivity index (χ1v) is 10.0. The van der Waals surface area contributed by atoms with Gasteiger partial charge in [0.05, 0.1) is 17.1 Å². The van der Waals surface area contributed by atoms with Crippen molar-refractivity contribution in [3.8, 4) is 5.69 Å². The van der Waals surface area contributed by atoms with Gasteiger partial charge in [-0.15, -0.1) is 0 Å². The van der Waals surface area contributed by atoms with Crippen molar-refractivity contribution in [2.24, 2.45) is 0 Å². The number of imidazole rings is 2. The van der Waals surface area contributed by atoms with Gasteiger partial charge in [-0.1, -0.05) is 30.3 Å². The van der Waals surface area contributed by atoms with E-state index in [4.69, 9.17) is 0 Å². The van der Waals surface area contributed by atoms with Gasteiger partial charge in [-0.05, 0) is 44.0 Å². The molecule has 146 valence electrons. The highest BCUT2D eigenvalue weighted by Gasteiger charge is 2.31. The van der Waals surface area contributed by atoms with Gasteiger partial charge in [0.2, 0.25) is 0 Å². The summed E-state index contributed by atoms with van der Waals surface area (Å²) < 4.78 is 4.13. The van der Waals surface area contributed by atoms with Gasteiger partial charge in [0, 0.05) is 25.0 Å². The zero-order valence-electron chi connectivity index (χ0n) is 16.4. The van der Waals surface area contributed by atoms with Crippen molar-refractivity contribution >= 4 is 16.9 Å². The summed E-state index contributed by atoms with van der Waals surface area (Å²) in [7, 11) is 0. The molecule has 5 rings (SSSR count). The predicted octanol–water partition coefficient (Wildman–Crippen LogP) is 3.84. The lowest BCUT2D eigenvalue weighted by Gasteiger charge is -2.25. The van der Waals surface area contributed by atoms with Crippen LogP contribution in [0.1, 0.15) is 29.2 Å². The summed E-state index contributed by atoms with van der Waals surface area (Å²) in [5.74, 6) is 0.989. The number of amides is 1. The quantitative estimate of drug-likeness (QED) is 0.536. The van der Waals surface area contributed by atoms with Crippen molar-refractivity contribution in [2.75, 3.05) is 6.54 Å². The molecular formula is C23H23N5O. The van der Waals surface area contributed by atoms with E-state index >= 15 is 0 Å². The van der Waals surface area contributed by atoms with E-state index in [2.05, 4.69) is 20.6 Å². The lowest BCUT2D eigenvalue weighted by molar-refractivity contribution is 0.0719. The number of carbonyl (C=O) groups excluding carboxylic acids is 1. The van der Waals surface area contributed by atoms with Crippen LogP contribution in [-0.2, 0) is 6.54 Å². The van der Waals surface area contributed by atoms with E-state index in [9.17, 15) is 4.79 Å². The number of nitrogens with zero attached hydrogens (tertiary/aromatic N) is 5. The first kappa shape index (κ1) is 17.7. The number of fused-ring (bicyclic) bond motifs is 1. The van der Waals surface area contributed by atoms with Crippen LogP contribution < -0.4 is 0 Å². The molecule has 0 radical (unpaired) electrons. The SMILES string of the molecule is Cc1nc2ccccc2n1CC1CCCN1C(=O)c1cn(-c2ccccc2)cn1. The Hall–Kier alpha value is -3.41. The van der Waals surface area contributed by atoms with Gasteiger partial charge in [0.1, 0.15) is 17.8 Å². The fraction of sp³-hybridized carbons (Fsp3) is 0.261. The molecule has 29 heavy (non-hydrogen) atoms. The lowest BCUT2D eigenvalue weighted by Crippen LogP contribution is -2.38.